The fraction of sp³-hybridized carbons (Fsp3) is 0.333. The first-order valence-corrected chi connectivity index (χ1v) is 8.25. The third-order valence-electron chi connectivity index (χ3n) is 4.86. The average Bonchev–Trinajstić information content (AvgIpc) is 2.89. The molecular weight excluding hydrogens is 347 g/mol. The third kappa shape index (κ3) is 2.90. The number of benzene rings is 1. The van der Waals surface area contributed by atoms with Gasteiger partial charge in [0.1, 0.15) is 11.4 Å². The van der Waals surface area contributed by atoms with E-state index in [0.29, 0.717) is 37.3 Å². The number of alkyl halides is 3. The van der Waals surface area contributed by atoms with Gasteiger partial charge in [-0.15, -0.1) is 0 Å². The lowest BCUT2D eigenvalue weighted by atomic mass is 9.84. The van der Waals surface area contributed by atoms with Gasteiger partial charge in [-0.05, 0) is 18.2 Å². The Kier molecular flexibility index (Phi) is 3.87. The topological polar surface area (TPSA) is 54.5 Å². The monoisotopic (exact) mass is 363 g/mol. The van der Waals surface area contributed by atoms with Crippen molar-refractivity contribution in [3.63, 3.8) is 0 Å². The molecule has 0 radical (unpaired) electrons. The van der Waals surface area contributed by atoms with Crippen LogP contribution in [0.4, 0.5) is 19.0 Å². The van der Waals surface area contributed by atoms with Crippen LogP contribution in [0.3, 0.4) is 0 Å². The molecule has 1 N–H and O–H groups in total. The first-order valence-electron chi connectivity index (χ1n) is 8.25. The summed E-state index contributed by atoms with van der Waals surface area (Å²) in [4.78, 5) is 15.9. The highest BCUT2D eigenvalue weighted by molar-refractivity contribution is 5.94. The minimum Gasteiger partial charge on any atom is -0.450 e. The van der Waals surface area contributed by atoms with Crippen molar-refractivity contribution in [1.82, 2.24) is 9.99 Å². The molecular formula is C18H16F3N3O2. The van der Waals surface area contributed by atoms with Gasteiger partial charge in [0.2, 0.25) is 0 Å². The number of ether oxygens (including phenoxy) is 1. The molecule has 5 nitrogen and oxygen atoms in total. The maximum absolute atomic E-state index is 12.6. The van der Waals surface area contributed by atoms with Crippen LogP contribution in [0.1, 0.15) is 34.3 Å². The third-order valence-corrected chi connectivity index (χ3v) is 4.86. The van der Waals surface area contributed by atoms with Gasteiger partial charge in [0, 0.05) is 37.7 Å². The zero-order chi connectivity index (χ0) is 18.4. The lowest BCUT2D eigenvalue weighted by Crippen LogP contribution is -2.45. The van der Waals surface area contributed by atoms with Gasteiger partial charge in [0.15, 0.2) is 0 Å². The summed E-state index contributed by atoms with van der Waals surface area (Å²) in [6.07, 6.45) is -2.39. The van der Waals surface area contributed by atoms with Crippen LogP contribution < -0.4 is 5.43 Å². The van der Waals surface area contributed by atoms with Crippen LogP contribution in [0.15, 0.2) is 42.6 Å². The number of rotatable bonds is 2. The zero-order valence-electron chi connectivity index (χ0n) is 13.7. The van der Waals surface area contributed by atoms with Crippen molar-refractivity contribution < 1.29 is 22.7 Å². The van der Waals surface area contributed by atoms with Gasteiger partial charge in [0.25, 0.3) is 0 Å². The number of esters is 1. The van der Waals surface area contributed by atoms with Crippen LogP contribution in [-0.2, 0) is 16.5 Å². The van der Waals surface area contributed by atoms with Gasteiger partial charge in [-0.2, -0.15) is 13.2 Å². The van der Waals surface area contributed by atoms with Crippen LogP contribution >= 0.6 is 0 Å². The number of carbonyl (C=O) groups is 1. The van der Waals surface area contributed by atoms with Crippen LogP contribution in [-0.4, -0.2) is 29.1 Å². The summed E-state index contributed by atoms with van der Waals surface area (Å²) in [6, 6.07) is 9.68. The fourth-order valence-electron chi connectivity index (χ4n) is 3.49. The predicted molar refractivity (Wildman–Crippen MR) is 87.2 cm³/mol. The fourth-order valence-corrected chi connectivity index (χ4v) is 3.49. The Morgan fingerprint density at radius 1 is 1.12 bits per heavy atom. The molecule has 26 heavy (non-hydrogen) atoms. The maximum atomic E-state index is 12.6. The number of carbonyl (C=O) groups excluding carboxylic acids is 1. The Balaban J connectivity index is 1.43. The molecule has 0 atom stereocenters. The van der Waals surface area contributed by atoms with Gasteiger partial charge in [0.05, 0.1) is 11.1 Å². The summed E-state index contributed by atoms with van der Waals surface area (Å²) in [5.41, 5.74) is 3.15. The Labute approximate surface area is 147 Å². The number of fused-ring (bicyclic) bond motifs is 2. The molecule has 0 aliphatic carbocycles. The second-order valence-corrected chi connectivity index (χ2v) is 6.46. The van der Waals surface area contributed by atoms with Crippen molar-refractivity contribution in [2.75, 3.05) is 18.5 Å². The molecule has 1 fully saturated rings. The molecule has 1 aromatic heterocycles. The number of aromatic nitrogens is 1. The molecule has 0 saturated carbocycles. The summed E-state index contributed by atoms with van der Waals surface area (Å²) < 4.78 is 43.4. The zero-order valence-corrected chi connectivity index (χ0v) is 13.7. The van der Waals surface area contributed by atoms with Crippen molar-refractivity contribution in [3.8, 4) is 0 Å². The largest absolute Gasteiger partial charge is 0.450 e. The lowest BCUT2D eigenvalue weighted by Gasteiger charge is -2.38. The first-order chi connectivity index (χ1) is 12.4. The molecule has 136 valence electrons. The van der Waals surface area contributed by atoms with Gasteiger partial charge in [-0.25, -0.2) is 14.8 Å². The van der Waals surface area contributed by atoms with E-state index in [1.54, 1.807) is 6.07 Å². The second kappa shape index (κ2) is 5.98. The van der Waals surface area contributed by atoms with Gasteiger partial charge >= 0.3 is 12.1 Å². The Morgan fingerprint density at radius 3 is 2.50 bits per heavy atom. The number of piperidine rings is 1. The molecule has 1 aromatic carbocycles. The summed E-state index contributed by atoms with van der Waals surface area (Å²) in [5.74, 6) is 0.0455. The van der Waals surface area contributed by atoms with E-state index in [1.165, 1.54) is 6.07 Å². The summed E-state index contributed by atoms with van der Waals surface area (Å²) in [5, 5.41) is 1.87. The SMILES string of the molecule is O=C1OC2(CCN(Nc3ccc(C(F)(F)F)cn3)CC2)c2ccccc21. The van der Waals surface area contributed by atoms with Crippen molar-refractivity contribution in [1.29, 1.82) is 0 Å². The number of hydrogen-bond acceptors (Lipinski definition) is 5. The van der Waals surface area contributed by atoms with E-state index in [9.17, 15) is 18.0 Å². The molecule has 1 spiro atoms. The predicted octanol–water partition coefficient (Wildman–Crippen LogP) is 3.59. The van der Waals surface area contributed by atoms with Gasteiger partial charge in [-0.1, -0.05) is 18.2 Å². The second-order valence-electron chi connectivity index (χ2n) is 6.46. The molecule has 0 unspecified atom stereocenters. The molecule has 0 amide bonds. The average molecular weight is 363 g/mol. The van der Waals surface area contributed by atoms with Crippen molar-refractivity contribution in [2.45, 2.75) is 24.6 Å². The molecule has 0 bridgehead atoms. The van der Waals surface area contributed by atoms with Gasteiger partial charge < -0.3 is 10.2 Å². The van der Waals surface area contributed by atoms with Crippen LogP contribution in [0.25, 0.3) is 0 Å². The molecule has 3 heterocycles. The van der Waals surface area contributed by atoms with E-state index in [1.807, 2.05) is 23.2 Å². The number of halogens is 3. The highest BCUT2D eigenvalue weighted by atomic mass is 19.4. The van der Waals surface area contributed by atoms with E-state index in [4.69, 9.17) is 4.74 Å². The molecule has 2 aromatic rings. The van der Waals surface area contributed by atoms with E-state index < -0.39 is 17.3 Å². The standard InChI is InChI=1S/C18H16F3N3O2/c19-18(20,21)12-5-6-15(22-11-12)23-24-9-7-17(8-10-24)14-4-2-1-3-13(14)16(25)26-17/h1-6,11H,7-10H2,(H,22,23). The lowest BCUT2D eigenvalue weighted by molar-refractivity contribution is -0.137. The number of anilines is 1. The molecule has 8 heteroatoms. The smallest absolute Gasteiger partial charge is 0.417 e. The number of nitrogens with zero attached hydrogens (tertiary/aromatic N) is 2. The maximum Gasteiger partial charge on any atom is 0.417 e. The number of hydrogen-bond donors (Lipinski definition) is 1. The van der Waals surface area contributed by atoms with Crippen LogP contribution in [0.5, 0.6) is 0 Å². The first kappa shape index (κ1) is 16.8. The summed E-state index contributed by atoms with van der Waals surface area (Å²) in [7, 11) is 0. The Bertz CT molecular complexity index is 828. The van der Waals surface area contributed by atoms with Crippen molar-refractivity contribution in [2.24, 2.45) is 0 Å². The summed E-state index contributed by atoms with van der Waals surface area (Å²) in [6.45, 7) is 1.15. The molecule has 1 saturated heterocycles. The highest BCUT2D eigenvalue weighted by Crippen LogP contribution is 2.43. The highest BCUT2D eigenvalue weighted by Gasteiger charge is 2.47. The minimum absolute atomic E-state index is 0.300. The molecule has 4 rings (SSSR count). The number of nitrogens with one attached hydrogen (secondary N) is 1. The van der Waals surface area contributed by atoms with Crippen LogP contribution in [0, 0.1) is 0 Å². The van der Waals surface area contributed by atoms with E-state index in [-0.39, 0.29) is 5.97 Å². The van der Waals surface area contributed by atoms with Crippen molar-refractivity contribution >= 4 is 11.8 Å². The molecule has 2 aliphatic rings. The van der Waals surface area contributed by atoms with E-state index in [2.05, 4.69) is 10.4 Å². The summed E-state index contributed by atoms with van der Waals surface area (Å²) >= 11 is 0. The Morgan fingerprint density at radius 2 is 1.85 bits per heavy atom. The van der Waals surface area contributed by atoms with Gasteiger partial charge in [-0.3, -0.25) is 0 Å². The van der Waals surface area contributed by atoms with E-state index in [0.717, 1.165) is 17.8 Å². The number of pyridine rings is 1. The number of hydrazine groups is 1. The Hall–Kier alpha value is -2.61. The van der Waals surface area contributed by atoms with E-state index >= 15 is 0 Å². The van der Waals surface area contributed by atoms with Crippen LogP contribution in [0.2, 0.25) is 0 Å². The quantitative estimate of drug-likeness (QED) is 0.827. The normalized spacial score (nSPS) is 19.3. The van der Waals surface area contributed by atoms with Crippen molar-refractivity contribution in [3.05, 3.63) is 59.3 Å². The minimum atomic E-state index is -4.40. The molecule has 2 aliphatic heterocycles.